The van der Waals surface area contributed by atoms with E-state index >= 15 is 0 Å². The van der Waals surface area contributed by atoms with Crippen molar-refractivity contribution in [3.05, 3.63) is 29.8 Å². The van der Waals surface area contributed by atoms with Crippen LogP contribution in [0.25, 0.3) is 0 Å². The second-order valence-electron chi connectivity index (χ2n) is 3.72. The molecule has 2 N–H and O–H groups in total. The van der Waals surface area contributed by atoms with Crippen molar-refractivity contribution in [2.24, 2.45) is 0 Å². The molecule has 0 aliphatic carbocycles. The molecule has 1 aromatic carbocycles. The molecule has 0 unspecified atom stereocenters. The highest BCUT2D eigenvalue weighted by molar-refractivity contribution is 7.99. The van der Waals surface area contributed by atoms with E-state index in [0.29, 0.717) is 13.0 Å². The molecule has 0 aliphatic heterocycles. The van der Waals surface area contributed by atoms with Crippen LogP contribution < -0.4 is 4.74 Å². The normalized spacial score (nSPS) is 10.3. The Morgan fingerprint density at radius 3 is 2.56 bits per heavy atom. The Kier molecular flexibility index (Phi) is 7.29. The molecule has 1 rings (SSSR count). The fraction of sp³-hybridized carbons (Fsp3) is 0.462. The summed E-state index contributed by atoms with van der Waals surface area (Å²) in [5.74, 6) is 1.59. The minimum Gasteiger partial charge on any atom is -0.493 e. The van der Waals surface area contributed by atoms with E-state index in [1.807, 2.05) is 24.3 Å². The first-order chi connectivity index (χ1) is 8.72. The maximum absolute atomic E-state index is 10.4. The number of thioether (sulfide) groups is 1. The number of benzene rings is 1. The van der Waals surface area contributed by atoms with Gasteiger partial charge in [0, 0.05) is 17.9 Å². The molecule has 0 aromatic heterocycles. The second-order valence-corrected chi connectivity index (χ2v) is 4.95. The number of aliphatic hydroxyl groups is 1. The molecule has 0 atom stereocenters. The van der Waals surface area contributed by atoms with E-state index in [-0.39, 0.29) is 13.0 Å². The third-order valence-corrected chi connectivity index (χ3v) is 3.21. The summed E-state index contributed by atoms with van der Waals surface area (Å²) in [5.41, 5.74) is 0.999. The number of carbonyl (C=O) groups is 1. The first-order valence-electron chi connectivity index (χ1n) is 5.84. The molecule has 0 amide bonds. The SMILES string of the molecule is O=C(O)CCc1ccc(OCCSCCO)cc1. The molecule has 1 aromatic rings. The molecule has 100 valence electrons. The van der Waals surface area contributed by atoms with Gasteiger partial charge in [-0.2, -0.15) is 11.8 Å². The number of aryl methyl sites for hydroxylation is 1. The van der Waals surface area contributed by atoms with Crippen molar-refractivity contribution in [1.82, 2.24) is 0 Å². The fourth-order valence-corrected chi connectivity index (χ4v) is 1.92. The Morgan fingerprint density at radius 1 is 1.22 bits per heavy atom. The maximum atomic E-state index is 10.4. The monoisotopic (exact) mass is 270 g/mol. The van der Waals surface area contributed by atoms with Crippen molar-refractivity contribution in [3.63, 3.8) is 0 Å². The van der Waals surface area contributed by atoms with Gasteiger partial charge in [-0.05, 0) is 24.1 Å². The van der Waals surface area contributed by atoms with Gasteiger partial charge in [-0.25, -0.2) is 0 Å². The van der Waals surface area contributed by atoms with Gasteiger partial charge >= 0.3 is 5.97 Å². The van der Waals surface area contributed by atoms with Crippen LogP contribution in [0.1, 0.15) is 12.0 Å². The van der Waals surface area contributed by atoms with E-state index < -0.39 is 5.97 Å². The molecular weight excluding hydrogens is 252 g/mol. The summed E-state index contributed by atoms with van der Waals surface area (Å²) in [6, 6.07) is 7.49. The Bertz CT molecular complexity index is 351. The number of ether oxygens (including phenoxy) is 1. The predicted octanol–water partition coefficient (Wildman–Crippen LogP) is 1.81. The van der Waals surface area contributed by atoms with Crippen molar-refractivity contribution >= 4 is 17.7 Å². The Hall–Kier alpha value is -1.20. The summed E-state index contributed by atoms with van der Waals surface area (Å²) in [6.07, 6.45) is 0.694. The highest BCUT2D eigenvalue weighted by Crippen LogP contribution is 2.14. The van der Waals surface area contributed by atoms with Crippen LogP contribution in [0.2, 0.25) is 0 Å². The smallest absolute Gasteiger partial charge is 0.303 e. The highest BCUT2D eigenvalue weighted by atomic mass is 32.2. The van der Waals surface area contributed by atoms with Gasteiger partial charge in [0.2, 0.25) is 0 Å². The number of hydrogen-bond acceptors (Lipinski definition) is 4. The molecule has 0 saturated carbocycles. The van der Waals surface area contributed by atoms with Crippen molar-refractivity contribution in [2.45, 2.75) is 12.8 Å². The van der Waals surface area contributed by atoms with Gasteiger partial charge in [-0.3, -0.25) is 4.79 Å². The van der Waals surface area contributed by atoms with Crippen molar-refractivity contribution in [3.8, 4) is 5.75 Å². The molecule has 0 saturated heterocycles. The average Bonchev–Trinajstić information content (AvgIpc) is 2.37. The van der Waals surface area contributed by atoms with Gasteiger partial charge in [-0.1, -0.05) is 12.1 Å². The minimum atomic E-state index is -0.781. The van der Waals surface area contributed by atoms with Crippen LogP contribution in [0.15, 0.2) is 24.3 Å². The zero-order chi connectivity index (χ0) is 13.2. The zero-order valence-electron chi connectivity index (χ0n) is 10.2. The second kappa shape index (κ2) is 8.83. The Labute approximate surface area is 111 Å². The van der Waals surface area contributed by atoms with Crippen LogP contribution in [0.4, 0.5) is 0 Å². The van der Waals surface area contributed by atoms with Gasteiger partial charge < -0.3 is 14.9 Å². The number of aliphatic carboxylic acids is 1. The standard InChI is InChI=1S/C13H18O4S/c14-7-9-18-10-8-17-12-4-1-11(2-5-12)3-6-13(15)16/h1-2,4-5,14H,3,6-10H2,(H,15,16). The van der Waals surface area contributed by atoms with E-state index in [1.54, 1.807) is 11.8 Å². The summed E-state index contributed by atoms with van der Waals surface area (Å²) < 4.78 is 5.51. The minimum absolute atomic E-state index is 0.151. The summed E-state index contributed by atoms with van der Waals surface area (Å²) in [6.45, 7) is 0.808. The van der Waals surface area contributed by atoms with Gasteiger partial charge in [0.1, 0.15) is 5.75 Å². The van der Waals surface area contributed by atoms with Crippen LogP contribution in [0.3, 0.4) is 0 Å². The number of hydrogen-bond donors (Lipinski definition) is 2. The summed E-state index contributed by atoms with van der Waals surface area (Å²) in [4.78, 5) is 10.4. The molecule has 0 bridgehead atoms. The first-order valence-corrected chi connectivity index (χ1v) is 7.00. The van der Waals surface area contributed by atoms with Crippen molar-refractivity contribution in [2.75, 3.05) is 24.7 Å². The number of aliphatic hydroxyl groups excluding tert-OH is 1. The van der Waals surface area contributed by atoms with Crippen molar-refractivity contribution < 1.29 is 19.7 Å². The highest BCUT2D eigenvalue weighted by Gasteiger charge is 2.00. The number of carboxylic acids is 1. The van der Waals surface area contributed by atoms with Gasteiger partial charge in [-0.15, -0.1) is 0 Å². The Balaban J connectivity index is 2.25. The van der Waals surface area contributed by atoms with Crippen LogP contribution in [-0.2, 0) is 11.2 Å². The van der Waals surface area contributed by atoms with E-state index in [4.69, 9.17) is 14.9 Å². The van der Waals surface area contributed by atoms with E-state index in [0.717, 1.165) is 22.8 Å². The maximum Gasteiger partial charge on any atom is 0.303 e. The van der Waals surface area contributed by atoms with Crippen LogP contribution in [-0.4, -0.2) is 40.9 Å². The van der Waals surface area contributed by atoms with Crippen LogP contribution in [0.5, 0.6) is 5.75 Å². The third-order valence-electron chi connectivity index (χ3n) is 2.28. The van der Waals surface area contributed by atoms with Crippen LogP contribution >= 0.6 is 11.8 Å². The van der Waals surface area contributed by atoms with Gasteiger partial charge in [0.05, 0.1) is 13.2 Å². The lowest BCUT2D eigenvalue weighted by molar-refractivity contribution is -0.136. The number of rotatable bonds is 9. The topological polar surface area (TPSA) is 66.8 Å². The lowest BCUT2D eigenvalue weighted by atomic mass is 10.1. The Morgan fingerprint density at radius 2 is 1.94 bits per heavy atom. The zero-order valence-corrected chi connectivity index (χ0v) is 11.0. The van der Waals surface area contributed by atoms with Crippen molar-refractivity contribution in [1.29, 1.82) is 0 Å². The van der Waals surface area contributed by atoms with Gasteiger partial charge in [0.25, 0.3) is 0 Å². The molecular formula is C13H18O4S. The molecule has 0 fully saturated rings. The van der Waals surface area contributed by atoms with E-state index in [2.05, 4.69) is 0 Å². The lowest BCUT2D eigenvalue weighted by Gasteiger charge is -2.06. The summed E-state index contributed by atoms with van der Waals surface area (Å²) in [7, 11) is 0. The largest absolute Gasteiger partial charge is 0.493 e. The molecule has 0 radical (unpaired) electrons. The molecule has 5 heteroatoms. The lowest BCUT2D eigenvalue weighted by Crippen LogP contribution is -2.02. The van der Waals surface area contributed by atoms with Gasteiger partial charge in [0.15, 0.2) is 0 Å². The quantitative estimate of drug-likeness (QED) is 0.670. The molecule has 18 heavy (non-hydrogen) atoms. The molecule has 4 nitrogen and oxygen atoms in total. The molecule has 0 aliphatic rings. The molecule has 0 heterocycles. The van der Waals surface area contributed by atoms with E-state index in [1.165, 1.54) is 0 Å². The predicted molar refractivity (Wildman–Crippen MR) is 72.3 cm³/mol. The summed E-state index contributed by atoms with van der Waals surface area (Å²) in [5, 5.41) is 17.2. The summed E-state index contributed by atoms with van der Waals surface area (Å²) >= 11 is 1.65. The first kappa shape index (κ1) is 14.9. The average molecular weight is 270 g/mol. The van der Waals surface area contributed by atoms with E-state index in [9.17, 15) is 4.79 Å². The third kappa shape index (κ3) is 6.51. The fourth-order valence-electron chi connectivity index (χ4n) is 1.39. The molecule has 0 spiro atoms. The van der Waals surface area contributed by atoms with Crippen LogP contribution in [0, 0.1) is 0 Å². The number of carboxylic acid groups (broad SMARTS) is 1.